The zero-order chi connectivity index (χ0) is 10.2. The zero-order valence-corrected chi connectivity index (χ0v) is 9.55. The van der Waals surface area contributed by atoms with Crippen LogP contribution in [0.25, 0.3) is 0 Å². The second-order valence-electron chi connectivity index (χ2n) is 5.26. The van der Waals surface area contributed by atoms with Crippen LogP contribution in [0.2, 0.25) is 0 Å². The molecule has 14 heavy (non-hydrogen) atoms. The number of morpholine rings is 1. The lowest BCUT2D eigenvalue weighted by Crippen LogP contribution is -2.58. The molecule has 2 rings (SSSR count). The van der Waals surface area contributed by atoms with Crippen LogP contribution in [0.5, 0.6) is 0 Å². The van der Waals surface area contributed by atoms with Crippen molar-refractivity contribution >= 4 is 0 Å². The van der Waals surface area contributed by atoms with Gasteiger partial charge < -0.3 is 10.1 Å². The second-order valence-corrected chi connectivity index (χ2v) is 5.26. The number of ether oxygens (including phenoxy) is 1. The SMILES string of the molecule is CC1CNCC1N1CCOCC1(C)C. The molecule has 0 aromatic heterocycles. The van der Waals surface area contributed by atoms with Gasteiger partial charge >= 0.3 is 0 Å². The van der Waals surface area contributed by atoms with Gasteiger partial charge in [-0.15, -0.1) is 0 Å². The summed E-state index contributed by atoms with van der Waals surface area (Å²) in [5.41, 5.74) is 0.212. The Morgan fingerprint density at radius 3 is 2.71 bits per heavy atom. The molecule has 0 amide bonds. The fourth-order valence-electron chi connectivity index (χ4n) is 2.70. The Morgan fingerprint density at radius 2 is 2.14 bits per heavy atom. The van der Waals surface area contributed by atoms with Crippen molar-refractivity contribution < 1.29 is 4.74 Å². The maximum atomic E-state index is 5.55. The quantitative estimate of drug-likeness (QED) is 0.671. The maximum Gasteiger partial charge on any atom is 0.0645 e. The van der Waals surface area contributed by atoms with Crippen molar-refractivity contribution in [2.75, 3.05) is 32.8 Å². The van der Waals surface area contributed by atoms with E-state index < -0.39 is 0 Å². The summed E-state index contributed by atoms with van der Waals surface area (Å²) in [6.07, 6.45) is 0. The molecule has 0 aromatic carbocycles. The van der Waals surface area contributed by atoms with Crippen molar-refractivity contribution in [3.05, 3.63) is 0 Å². The minimum atomic E-state index is 0.212. The van der Waals surface area contributed by atoms with Crippen molar-refractivity contribution in [1.82, 2.24) is 10.2 Å². The predicted molar refractivity (Wildman–Crippen MR) is 57.4 cm³/mol. The van der Waals surface area contributed by atoms with Crippen molar-refractivity contribution in [1.29, 1.82) is 0 Å². The first-order valence-corrected chi connectivity index (χ1v) is 5.66. The van der Waals surface area contributed by atoms with Crippen LogP contribution < -0.4 is 5.32 Å². The second kappa shape index (κ2) is 3.80. The maximum absolute atomic E-state index is 5.55. The molecule has 2 heterocycles. The van der Waals surface area contributed by atoms with E-state index in [1.54, 1.807) is 0 Å². The van der Waals surface area contributed by atoms with Crippen molar-refractivity contribution in [3.63, 3.8) is 0 Å². The van der Waals surface area contributed by atoms with Gasteiger partial charge in [0.25, 0.3) is 0 Å². The highest BCUT2D eigenvalue weighted by atomic mass is 16.5. The zero-order valence-electron chi connectivity index (χ0n) is 9.55. The summed E-state index contributed by atoms with van der Waals surface area (Å²) in [4.78, 5) is 2.63. The van der Waals surface area contributed by atoms with Gasteiger partial charge in [0.05, 0.1) is 13.2 Å². The van der Waals surface area contributed by atoms with E-state index in [9.17, 15) is 0 Å². The van der Waals surface area contributed by atoms with Gasteiger partial charge in [-0.25, -0.2) is 0 Å². The van der Waals surface area contributed by atoms with Crippen LogP contribution in [0.15, 0.2) is 0 Å². The van der Waals surface area contributed by atoms with Crippen molar-refractivity contribution in [3.8, 4) is 0 Å². The molecular formula is C11H22N2O. The van der Waals surface area contributed by atoms with Crippen LogP contribution in [0.3, 0.4) is 0 Å². The number of rotatable bonds is 1. The minimum Gasteiger partial charge on any atom is -0.378 e. The van der Waals surface area contributed by atoms with E-state index in [1.807, 2.05) is 0 Å². The Balaban J connectivity index is 2.07. The molecule has 0 radical (unpaired) electrons. The molecule has 3 nitrogen and oxygen atoms in total. The summed E-state index contributed by atoms with van der Waals surface area (Å²) in [6.45, 7) is 12.1. The number of hydrogen-bond donors (Lipinski definition) is 1. The Bertz CT molecular complexity index is 205. The molecule has 0 saturated carbocycles. The van der Waals surface area contributed by atoms with Crippen LogP contribution in [-0.4, -0.2) is 49.3 Å². The van der Waals surface area contributed by atoms with Crippen molar-refractivity contribution in [2.24, 2.45) is 5.92 Å². The molecule has 0 spiro atoms. The van der Waals surface area contributed by atoms with Gasteiger partial charge in [-0.2, -0.15) is 0 Å². The summed E-state index contributed by atoms with van der Waals surface area (Å²) in [6, 6.07) is 0.703. The summed E-state index contributed by atoms with van der Waals surface area (Å²) >= 11 is 0. The Labute approximate surface area is 86.8 Å². The number of nitrogens with zero attached hydrogens (tertiary/aromatic N) is 1. The normalized spacial score (nSPS) is 38.8. The van der Waals surface area contributed by atoms with Gasteiger partial charge in [-0.05, 0) is 26.3 Å². The third-order valence-corrected chi connectivity index (χ3v) is 3.59. The van der Waals surface area contributed by atoms with E-state index in [1.165, 1.54) is 0 Å². The highest BCUT2D eigenvalue weighted by Gasteiger charge is 2.39. The molecule has 2 saturated heterocycles. The summed E-state index contributed by atoms with van der Waals surface area (Å²) in [5.74, 6) is 0.771. The molecule has 3 heteroatoms. The van der Waals surface area contributed by atoms with E-state index in [0.29, 0.717) is 6.04 Å². The van der Waals surface area contributed by atoms with Gasteiger partial charge in [-0.1, -0.05) is 6.92 Å². The summed E-state index contributed by atoms with van der Waals surface area (Å²) in [5, 5.41) is 3.47. The third-order valence-electron chi connectivity index (χ3n) is 3.59. The first-order chi connectivity index (χ1) is 6.61. The van der Waals surface area contributed by atoms with Gasteiger partial charge in [0.2, 0.25) is 0 Å². The molecule has 0 bridgehead atoms. The fraction of sp³-hybridized carbons (Fsp3) is 1.00. The number of nitrogens with one attached hydrogen (secondary N) is 1. The van der Waals surface area contributed by atoms with E-state index in [-0.39, 0.29) is 5.54 Å². The van der Waals surface area contributed by atoms with Crippen LogP contribution in [0.1, 0.15) is 20.8 Å². The monoisotopic (exact) mass is 198 g/mol. The topological polar surface area (TPSA) is 24.5 Å². The third kappa shape index (κ3) is 1.81. The van der Waals surface area contributed by atoms with Gasteiger partial charge in [0.15, 0.2) is 0 Å². The average Bonchev–Trinajstić information content (AvgIpc) is 2.51. The minimum absolute atomic E-state index is 0.212. The Morgan fingerprint density at radius 1 is 1.36 bits per heavy atom. The number of hydrogen-bond acceptors (Lipinski definition) is 3. The van der Waals surface area contributed by atoms with Crippen LogP contribution in [0.4, 0.5) is 0 Å². The molecule has 1 N–H and O–H groups in total. The van der Waals surface area contributed by atoms with Crippen molar-refractivity contribution in [2.45, 2.75) is 32.4 Å². The molecule has 2 fully saturated rings. The molecule has 2 aliphatic heterocycles. The molecule has 2 unspecified atom stereocenters. The van der Waals surface area contributed by atoms with E-state index in [2.05, 4.69) is 31.0 Å². The van der Waals surface area contributed by atoms with Crippen LogP contribution in [-0.2, 0) is 4.74 Å². The molecule has 2 atom stereocenters. The van der Waals surface area contributed by atoms with E-state index >= 15 is 0 Å². The van der Waals surface area contributed by atoms with E-state index in [0.717, 1.165) is 38.8 Å². The molecular weight excluding hydrogens is 176 g/mol. The average molecular weight is 198 g/mol. The standard InChI is InChI=1S/C11H22N2O/c1-9-6-12-7-10(9)13-4-5-14-8-11(13,2)3/h9-10,12H,4-8H2,1-3H3. The first-order valence-electron chi connectivity index (χ1n) is 5.66. The summed E-state index contributed by atoms with van der Waals surface area (Å²) < 4.78 is 5.55. The molecule has 0 aromatic rings. The summed E-state index contributed by atoms with van der Waals surface area (Å²) in [7, 11) is 0. The lowest BCUT2D eigenvalue weighted by atomic mass is 9.95. The molecule has 2 aliphatic rings. The Hall–Kier alpha value is -0.120. The highest BCUT2D eigenvalue weighted by Crippen LogP contribution is 2.26. The lowest BCUT2D eigenvalue weighted by molar-refractivity contribution is -0.0745. The molecule has 82 valence electrons. The first kappa shape index (κ1) is 10.4. The predicted octanol–water partition coefficient (Wildman–Crippen LogP) is 0.705. The van der Waals surface area contributed by atoms with Gasteiger partial charge in [0.1, 0.15) is 0 Å². The smallest absolute Gasteiger partial charge is 0.0645 e. The van der Waals surface area contributed by atoms with Gasteiger partial charge in [0, 0.05) is 24.7 Å². The van der Waals surface area contributed by atoms with Crippen LogP contribution >= 0.6 is 0 Å². The Kier molecular flexibility index (Phi) is 2.82. The fourth-order valence-corrected chi connectivity index (χ4v) is 2.70. The van der Waals surface area contributed by atoms with Crippen LogP contribution in [0, 0.1) is 5.92 Å². The van der Waals surface area contributed by atoms with Gasteiger partial charge in [-0.3, -0.25) is 4.90 Å². The highest BCUT2D eigenvalue weighted by molar-refractivity contribution is 4.95. The van der Waals surface area contributed by atoms with E-state index in [4.69, 9.17) is 4.74 Å². The molecule has 0 aliphatic carbocycles. The lowest BCUT2D eigenvalue weighted by Gasteiger charge is -2.46. The largest absolute Gasteiger partial charge is 0.378 e.